The van der Waals surface area contributed by atoms with Crippen LogP contribution in [0.2, 0.25) is 5.02 Å². The third kappa shape index (κ3) is 3.90. The van der Waals surface area contributed by atoms with Gasteiger partial charge in [0.25, 0.3) is 5.91 Å². The molecule has 1 aromatic carbocycles. The van der Waals surface area contributed by atoms with E-state index in [9.17, 15) is 4.79 Å². The Morgan fingerprint density at radius 2 is 1.96 bits per heavy atom. The van der Waals surface area contributed by atoms with E-state index in [4.69, 9.17) is 16.3 Å². The number of aryl methyl sites for hydroxylation is 2. The third-order valence-corrected chi connectivity index (χ3v) is 4.99. The predicted octanol–water partition coefficient (Wildman–Crippen LogP) is 4.00. The summed E-state index contributed by atoms with van der Waals surface area (Å²) < 4.78 is 5.31. The number of anilines is 2. The summed E-state index contributed by atoms with van der Waals surface area (Å²) in [6.07, 6.45) is 5.15. The van der Waals surface area contributed by atoms with Crippen molar-refractivity contribution in [2.45, 2.75) is 33.1 Å². The van der Waals surface area contributed by atoms with Crippen LogP contribution in [-0.2, 0) is 0 Å². The van der Waals surface area contributed by atoms with Gasteiger partial charge in [-0.1, -0.05) is 11.6 Å². The fourth-order valence-electron chi connectivity index (χ4n) is 3.04. The molecule has 6 nitrogen and oxygen atoms in total. The zero-order valence-corrected chi connectivity index (χ0v) is 16.1. The lowest BCUT2D eigenvalue weighted by atomic mass is 10.1. The van der Waals surface area contributed by atoms with Crippen LogP contribution < -0.4 is 15.0 Å². The lowest BCUT2D eigenvalue weighted by Gasteiger charge is -2.26. The van der Waals surface area contributed by atoms with E-state index in [1.807, 2.05) is 13.8 Å². The number of amides is 1. The smallest absolute Gasteiger partial charge is 0.259 e. The number of rotatable bonds is 4. The van der Waals surface area contributed by atoms with E-state index in [0.717, 1.165) is 31.5 Å². The molecule has 0 atom stereocenters. The van der Waals surface area contributed by atoms with Gasteiger partial charge in [0, 0.05) is 30.4 Å². The molecule has 26 heavy (non-hydrogen) atoms. The monoisotopic (exact) mass is 374 g/mol. The van der Waals surface area contributed by atoms with Crippen molar-refractivity contribution in [1.29, 1.82) is 0 Å². The summed E-state index contributed by atoms with van der Waals surface area (Å²) >= 11 is 6.12. The Morgan fingerprint density at radius 3 is 2.62 bits per heavy atom. The van der Waals surface area contributed by atoms with Crippen molar-refractivity contribution in [3.63, 3.8) is 0 Å². The number of hydrogen-bond acceptors (Lipinski definition) is 5. The second kappa shape index (κ2) is 7.91. The molecule has 7 heteroatoms. The van der Waals surface area contributed by atoms with Gasteiger partial charge < -0.3 is 15.0 Å². The predicted molar refractivity (Wildman–Crippen MR) is 104 cm³/mol. The van der Waals surface area contributed by atoms with Crippen molar-refractivity contribution >= 4 is 29.1 Å². The summed E-state index contributed by atoms with van der Waals surface area (Å²) in [5.41, 5.74) is 2.53. The number of hydrogen-bond donors (Lipinski definition) is 1. The van der Waals surface area contributed by atoms with Crippen LogP contribution in [-0.4, -0.2) is 36.1 Å². The standard InChI is InChI=1S/C19H23ClN4O2/c1-12-9-16(17(26-3)10-15(12)20)23-18(25)14-11-21-19(22-13(14)2)24-7-5-4-6-8-24/h9-11H,4-8H2,1-3H3,(H,23,25). The normalized spacial score (nSPS) is 14.2. The van der Waals surface area contributed by atoms with Crippen molar-refractivity contribution in [1.82, 2.24) is 9.97 Å². The maximum absolute atomic E-state index is 12.7. The van der Waals surface area contributed by atoms with Crippen molar-refractivity contribution in [3.05, 3.63) is 40.2 Å². The first-order valence-electron chi connectivity index (χ1n) is 8.73. The molecule has 0 unspecified atom stereocenters. The highest BCUT2D eigenvalue weighted by Gasteiger charge is 2.18. The fraction of sp³-hybridized carbons (Fsp3) is 0.421. The topological polar surface area (TPSA) is 67.3 Å². The van der Waals surface area contributed by atoms with Gasteiger partial charge in [0.05, 0.1) is 24.1 Å². The van der Waals surface area contributed by atoms with Gasteiger partial charge in [0.2, 0.25) is 5.95 Å². The maximum Gasteiger partial charge on any atom is 0.259 e. The van der Waals surface area contributed by atoms with E-state index in [-0.39, 0.29) is 5.91 Å². The molecule has 1 amide bonds. The number of carbonyl (C=O) groups is 1. The molecule has 1 aromatic heterocycles. The number of ether oxygens (including phenoxy) is 1. The molecule has 0 aliphatic carbocycles. The highest BCUT2D eigenvalue weighted by molar-refractivity contribution is 6.31. The largest absolute Gasteiger partial charge is 0.495 e. The van der Waals surface area contributed by atoms with E-state index in [1.54, 1.807) is 25.4 Å². The van der Waals surface area contributed by atoms with E-state index in [0.29, 0.717) is 33.7 Å². The molecule has 1 aliphatic rings. The van der Waals surface area contributed by atoms with Crippen molar-refractivity contribution < 1.29 is 9.53 Å². The minimum absolute atomic E-state index is 0.271. The van der Waals surface area contributed by atoms with Crippen LogP contribution in [0, 0.1) is 13.8 Å². The number of piperidine rings is 1. The van der Waals surface area contributed by atoms with E-state index < -0.39 is 0 Å². The average molecular weight is 375 g/mol. The highest BCUT2D eigenvalue weighted by Crippen LogP contribution is 2.31. The van der Waals surface area contributed by atoms with E-state index in [2.05, 4.69) is 20.2 Å². The number of carbonyl (C=O) groups excluding carboxylic acids is 1. The van der Waals surface area contributed by atoms with Gasteiger partial charge in [-0.25, -0.2) is 9.97 Å². The molecule has 3 rings (SSSR count). The zero-order valence-electron chi connectivity index (χ0n) is 15.3. The molecule has 138 valence electrons. The van der Waals surface area contributed by atoms with Gasteiger partial charge in [-0.2, -0.15) is 0 Å². The fourth-order valence-corrected chi connectivity index (χ4v) is 3.20. The van der Waals surface area contributed by atoms with Crippen molar-refractivity contribution in [3.8, 4) is 5.75 Å². The molecule has 0 radical (unpaired) electrons. The van der Waals surface area contributed by atoms with Gasteiger partial charge in [-0.3, -0.25) is 4.79 Å². The minimum Gasteiger partial charge on any atom is -0.495 e. The molecule has 1 N–H and O–H groups in total. The average Bonchev–Trinajstić information content (AvgIpc) is 2.65. The number of aromatic nitrogens is 2. The Morgan fingerprint density at radius 1 is 1.23 bits per heavy atom. The molecule has 2 aromatic rings. The van der Waals surface area contributed by atoms with Crippen LogP contribution in [0.5, 0.6) is 5.75 Å². The Kier molecular flexibility index (Phi) is 5.61. The van der Waals surface area contributed by atoms with Gasteiger partial charge in [0.15, 0.2) is 0 Å². The van der Waals surface area contributed by atoms with Crippen LogP contribution in [0.15, 0.2) is 18.3 Å². The summed E-state index contributed by atoms with van der Waals surface area (Å²) in [6.45, 7) is 5.63. The second-order valence-corrected chi connectivity index (χ2v) is 6.88. The zero-order chi connectivity index (χ0) is 18.7. The lowest BCUT2D eigenvalue weighted by Crippen LogP contribution is -2.31. The maximum atomic E-state index is 12.7. The van der Waals surface area contributed by atoms with Crippen molar-refractivity contribution in [2.75, 3.05) is 30.4 Å². The Labute approximate surface area is 158 Å². The van der Waals surface area contributed by atoms with Crippen LogP contribution in [0.25, 0.3) is 0 Å². The summed E-state index contributed by atoms with van der Waals surface area (Å²) in [7, 11) is 1.54. The van der Waals surface area contributed by atoms with Gasteiger partial charge in [-0.05, 0) is 44.7 Å². The number of halogens is 1. The first kappa shape index (κ1) is 18.5. The number of nitrogens with zero attached hydrogens (tertiary/aromatic N) is 3. The molecular weight excluding hydrogens is 352 g/mol. The number of methoxy groups -OCH3 is 1. The summed E-state index contributed by atoms with van der Waals surface area (Å²) in [5.74, 6) is 0.934. The van der Waals surface area contributed by atoms with Crippen LogP contribution in [0.1, 0.15) is 40.9 Å². The van der Waals surface area contributed by atoms with E-state index >= 15 is 0 Å². The quantitative estimate of drug-likeness (QED) is 0.876. The Hall–Kier alpha value is -2.34. The van der Waals surface area contributed by atoms with Crippen LogP contribution in [0.3, 0.4) is 0 Å². The van der Waals surface area contributed by atoms with Gasteiger partial charge in [-0.15, -0.1) is 0 Å². The number of benzene rings is 1. The minimum atomic E-state index is -0.271. The van der Waals surface area contributed by atoms with Gasteiger partial charge >= 0.3 is 0 Å². The summed E-state index contributed by atoms with van der Waals surface area (Å²) in [5, 5.41) is 3.46. The Bertz CT molecular complexity index is 819. The third-order valence-electron chi connectivity index (χ3n) is 4.58. The molecule has 2 heterocycles. The number of nitrogens with one attached hydrogen (secondary N) is 1. The van der Waals surface area contributed by atoms with Gasteiger partial charge in [0.1, 0.15) is 5.75 Å². The highest BCUT2D eigenvalue weighted by atomic mass is 35.5. The SMILES string of the molecule is COc1cc(Cl)c(C)cc1NC(=O)c1cnc(N2CCCCC2)nc1C. The van der Waals surface area contributed by atoms with Crippen molar-refractivity contribution in [2.24, 2.45) is 0 Å². The Balaban J connectivity index is 1.81. The summed E-state index contributed by atoms with van der Waals surface area (Å²) in [4.78, 5) is 23.8. The first-order valence-corrected chi connectivity index (χ1v) is 9.11. The second-order valence-electron chi connectivity index (χ2n) is 6.47. The first-order chi connectivity index (χ1) is 12.5. The molecule has 0 bridgehead atoms. The molecular formula is C19H23ClN4O2. The molecule has 1 fully saturated rings. The van der Waals surface area contributed by atoms with E-state index in [1.165, 1.54) is 6.42 Å². The van der Waals surface area contributed by atoms with Crippen LogP contribution in [0.4, 0.5) is 11.6 Å². The molecule has 0 spiro atoms. The van der Waals surface area contributed by atoms with Crippen LogP contribution >= 0.6 is 11.6 Å². The summed E-state index contributed by atoms with van der Waals surface area (Å²) in [6, 6.07) is 3.48. The molecule has 1 saturated heterocycles. The molecule has 1 aliphatic heterocycles. The lowest BCUT2D eigenvalue weighted by molar-refractivity contribution is 0.102. The molecule has 0 saturated carbocycles.